The van der Waals surface area contributed by atoms with E-state index in [1.165, 1.54) is 31.5 Å². The van der Waals surface area contributed by atoms with Gasteiger partial charge in [-0.25, -0.2) is 28.6 Å². The molecule has 0 aliphatic carbocycles. The van der Waals surface area contributed by atoms with Crippen molar-refractivity contribution in [3.63, 3.8) is 0 Å². The van der Waals surface area contributed by atoms with Crippen molar-refractivity contribution in [3.05, 3.63) is 12.7 Å². The van der Waals surface area contributed by atoms with Crippen LogP contribution in [0.3, 0.4) is 0 Å². The lowest BCUT2D eigenvalue weighted by Gasteiger charge is -2.20. The van der Waals surface area contributed by atoms with E-state index < -0.39 is 41.4 Å². The largest absolute Gasteiger partial charge is 0.490 e. The van der Waals surface area contributed by atoms with Crippen molar-refractivity contribution in [2.75, 3.05) is 26.6 Å². The van der Waals surface area contributed by atoms with Gasteiger partial charge in [-0.2, -0.15) is 8.62 Å². The number of nitrogen functional groups attached to an aromatic ring is 1. The molecule has 0 aromatic carbocycles. The fraction of sp³-hybridized carbons (Fsp3) is 0.583. The van der Waals surface area contributed by atoms with Crippen LogP contribution < -0.4 is 5.73 Å². The molecule has 1 fully saturated rings. The summed E-state index contributed by atoms with van der Waals surface area (Å²) < 4.78 is 58.8. The van der Waals surface area contributed by atoms with Gasteiger partial charge in [0, 0.05) is 20.6 Å². The molecule has 0 radical (unpaired) electrons. The summed E-state index contributed by atoms with van der Waals surface area (Å²) in [4.78, 5) is 40.5. The number of nitrogens with zero attached hydrogens (tertiary/aromatic N) is 4. The number of phosphoric acid groups is 3. The molecule has 1 aliphatic heterocycles. The smallest absolute Gasteiger partial charge is 0.382 e. The number of phosphoric ester groups is 2. The van der Waals surface area contributed by atoms with Crippen molar-refractivity contribution < 1.29 is 50.8 Å². The second-order valence-corrected chi connectivity index (χ2v) is 12.4. The van der Waals surface area contributed by atoms with Crippen molar-refractivity contribution >= 4 is 52.2 Å². The summed E-state index contributed by atoms with van der Waals surface area (Å²) in [5.41, 5.74) is 6.71. The summed E-state index contributed by atoms with van der Waals surface area (Å²) in [6.45, 7) is -0.432. The van der Waals surface area contributed by atoms with Gasteiger partial charge in [0.2, 0.25) is 0 Å². The minimum Gasteiger partial charge on any atom is -0.382 e. The van der Waals surface area contributed by atoms with Gasteiger partial charge < -0.3 is 29.7 Å². The lowest BCUT2D eigenvalue weighted by Crippen LogP contribution is -2.24. The summed E-state index contributed by atoms with van der Waals surface area (Å²) in [6.07, 6.45) is 2.84. The summed E-state index contributed by atoms with van der Waals surface area (Å²) in [7, 11) is -13.5. The van der Waals surface area contributed by atoms with Crippen LogP contribution in [0.1, 0.15) is 11.8 Å². The summed E-state index contributed by atoms with van der Waals surface area (Å²) in [6, 6.07) is 0. The average Bonchev–Trinajstić information content (AvgIpc) is 3.29. The molecule has 20 heteroatoms. The van der Waals surface area contributed by atoms with Crippen molar-refractivity contribution in [3.8, 4) is 0 Å². The number of ether oxygens (including phenoxy) is 1. The Hall–Kier alpha value is -0.930. The molecule has 1 saturated heterocycles. The normalized spacial score (nSPS) is 27.1. The van der Waals surface area contributed by atoms with Crippen LogP contribution in [0.4, 0.5) is 5.82 Å². The quantitative estimate of drug-likeness (QED) is 0.315. The molecule has 0 saturated carbocycles. The van der Waals surface area contributed by atoms with Gasteiger partial charge in [0.15, 0.2) is 11.5 Å². The second-order valence-electron chi connectivity index (χ2n) is 6.27. The van der Waals surface area contributed by atoms with Gasteiger partial charge in [-0.15, -0.1) is 11.8 Å². The van der Waals surface area contributed by atoms with E-state index in [1.54, 1.807) is 4.57 Å². The number of methoxy groups -OCH3 is 1. The highest BCUT2D eigenvalue weighted by molar-refractivity contribution is 8.00. The molecule has 2 aromatic rings. The number of hydrogen-bond acceptors (Lipinski definition) is 13. The molecule has 16 nitrogen and oxygen atoms in total. The number of aromatic nitrogens is 4. The minimum atomic E-state index is -5.47. The highest BCUT2D eigenvalue weighted by atomic mass is 32.2. The minimum absolute atomic E-state index is 0.217. The van der Waals surface area contributed by atoms with Crippen LogP contribution in [0.25, 0.3) is 11.2 Å². The number of fused-ring (bicyclic) bond motifs is 1. The van der Waals surface area contributed by atoms with Crippen LogP contribution in [-0.4, -0.2) is 66.4 Å². The first kappa shape index (κ1) is 25.7. The van der Waals surface area contributed by atoms with E-state index in [0.29, 0.717) is 17.6 Å². The second kappa shape index (κ2) is 9.74. The van der Waals surface area contributed by atoms with E-state index in [9.17, 15) is 23.5 Å². The third-order valence-corrected chi connectivity index (χ3v) is 9.99. The van der Waals surface area contributed by atoms with E-state index in [-0.39, 0.29) is 11.2 Å². The van der Waals surface area contributed by atoms with Gasteiger partial charge in [0.25, 0.3) is 0 Å². The number of nitrogens with two attached hydrogens (primary N) is 1. The third kappa shape index (κ3) is 6.14. The standard InChI is InChI=1S/C12H20N5O11P3S/c1-24-7-3-9(17-6-16-10-11(13)14-5-15-12(10)17)32-8(7)4-26-30(20,21)28-31(22,23)27-29(18,19)25-2/h5-9H,3-4H2,1-2H3,(H,18,19)(H,20,21)(H,22,23)(H2,13,14,15)/t7-,8+,9+/m0/s1. The molecule has 3 heterocycles. The highest BCUT2D eigenvalue weighted by Gasteiger charge is 2.43. The van der Waals surface area contributed by atoms with Crippen LogP contribution in [0.5, 0.6) is 0 Å². The Kier molecular flexibility index (Phi) is 7.82. The van der Waals surface area contributed by atoms with Gasteiger partial charge in [0.1, 0.15) is 11.8 Å². The molecular weight excluding hydrogens is 515 g/mol. The fourth-order valence-electron chi connectivity index (χ4n) is 2.85. The number of anilines is 1. The summed E-state index contributed by atoms with van der Waals surface area (Å²) in [5, 5.41) is -0.756. The first-order chi connectivity index (χ1) is 14.9. The molecule has 6 atom stereocenters. The predicted octanol–water partition coefficient (Wildman–Crippen LogP) is 1.42. The first-order valence-electron chi connectivity index (χ1n) is 8.59. The molecule has 5 N–H and O–H groups in total. The molecule has 0 amide bonds. The fourth-order valence-corrected chi connectivity index (χ4v) is 7.76. The Morgan fingerprint density at radius 1 is 1.12 bits per heavy atom. The van der Waals surface area contributed by atoms with Gasteiger partial charge in [-0.3, -0.25) is 9.05 Å². The van der Waals surface area contributed by atoms with Crippen molar-refractivity contribution in [1.29, 1.82) is 0 Å². The molecule has 180 valence electrons. The topological polar surface area (TPSA) is 228 Å². The van der Waals surface area contributed by atoms with Crippen molar-refractivity contribution in [2.45, 2.75) is 23.1 Å². The Morgan fingerprint density at radius 3 is 2.47 bits per heavy atom. The summed E-state index contributed by atoms with van der Waals surface area (Å²) >= 11 is 1.31. The monoisotopic (exact) mass is 535 g/mol. The number of rotatable bonds is 10. The van der Waals surface area contributed by atoms with E-state index >= 15 is 0 Å². The number of imidazole rings is 1. The van der Waals surface area contributed by atoms with Gasteiger partial charge >= 0.3 is 23.5 Å². The van der Waals surface area contributed by atoms with E-state index in [0.717, 1.165) is 7.11 Å². The number of hydrogen-bond donors (Lipinski definition) is 4. The zero-order chi connectivity index (χ0) is 23.7. The first-order valence-corrected chi connectivity index (χ1v) is 14.0. The lowest BCUT2D eigenvalue weighted by atomic mass is 10.2. The van der Waals surface area contributed by atoms with E-state index in [2.05, 4.69) is 28.1 Å². The van der Waals surface area contributed by atoms with Crippen LogP contribution in [0.15, 0.2) is 12.7 Å². The molecule has 3 rings (SSSR count). The average molecular weight is 535 g/mol. The highest BCUT2D eigenvalue weighted by Crippen LogP contribution is 2.67. The van der Waals surface area contributed by atoms with Crippen molar-refractivity contribution in [2.24, 2.45) is 0 Å². The zero-order valence-corrected chi connectivity index (χ0v) is 20.0. The SMILES string of the molecule is CO[C@H]1C[C@H](n2cnc3c(N)ncnc32)S[C@@H]1COP(=O)(O)OP(=O)(O)OP(=O)(O)OC. The molecule has 0 spiro atoms. The van der Waals surface area contributed by atoms with Crippen LogP contribution in [0, 0.1) is 0 Å². The van der Waals surface area contributed by atoms with E-state index in [1.807, 2.05) is 0 Å². The Balaban J connectivity index is 1.66. The van der Waals surface area contributed by atoms with Crippen LogP contribution in [0.2, 0.25) is 0 Å². The maximum absolute atomic E-state index is 12.1. The maximum Gasteiger partial charge on any atom is 0.490 e. The molecule has 2 aromatic heterocycles. The predicted molar refractivity (Wildman–Crippen MR) is 110 cm³/mol. The van der Waals surface area contributed by atoms with Crippen LogP contribution in [-0.2, 0) is 36.1 Å². The molecular formula is C12H20N5O11P3S. The van der Waals surface area contributed by atoms with Gasteiger partial charge in [-0.05, 0) is 0 Å². The Bertz CT molecular complexity index is 1120. The maximum atomic E-state index is 12.1. The van der Waals surface area contributed by atoms with Gasteiger partial charge in [0.05, 0.1) is 29.7 Å². The molecule has 0 bridgehead atoms. The Morgan fingerprint density at radius 2 is 1.81 bits per heavy atom. The molecule has 3 unspecified atom stereocenters. The van der Waals surface area contributed by atoms with E-state index in [4.69, 9.17) is 19.9 Å². The summed E-state index contributed by atoms with van der Waals surface area (Å²) in [5.74, 6) is 0.217. The van der Waals surface area contributed by atoms with Crippen LogP contribution >= 0.6 is 35.2 Å². The Labute approximate surface area is 185 Å². The zero-order valence-electron chi connectivity index (χ0n) is 16.5. The van der Waals surface area contributed by atoms with Gasteiger partial charge in [-0.1, -0.05) is 0 Å². The lowest BCUT2D eigenvalue weighted by molar-refractivity contribution is 0.0788. The molecule has 1 aliphatic rings. The van der Waals surface area contributed by atoms with Crippen molar-refractivity contribution in [1.82, 2.24) is 19.5 Å². The number of thioether (sulfide) groups is 1. The molecule has 32 heavy (non-hydrogen) atoms. The third-order valence-electron chi connectivity index (χ3n) is 4.23.